The molecule has 2 atom stereocenters. The van der Waals surface area contributed by atoms with Gasteiger partial charge in [-0.15, -0.1) is 0 Å². The number of benzene rings is 1. The third-order valence-corrected chi connectivity index (χ3v) is 4.41. The zero-order valence-electron chi connectivity index (χ0n) is 12.1. The zero-order chi connectivity index (χ0) is 15.0. The van der Waals surface area contributed by atoms with Gasteiger partial charge >= 0.3 is 6.03 Å². The molecule has 1 aromatic carbocycles. The molecule has 3 amide bonds. The number of nitrogens with zero attached hydrogens (tertiary/aromatic N) is 2. The van der Waals surface area contributed by atoms with Crippen LogP contribution in [-0.4, -0.2) is 48.0 Å². The maximum absolute atomic E-state index is 12.0. The van der Waals surface area contributed by atoms with Gasteiger partial charge in [0.25, 0.3) is 0 Å². The van der Waals surface area contributed by atoms with Gasteiger partial charge in [0.05, 0.1) is 12.1 Å². The van der Waals surface area contributed by atoms with Crippen LogP contribution in [0, 0.1) is 5.92 Å². The average molecular weight is 288 g/mol. The summed E-state index contributed by atoms with van der Waals surface area (Å²) in [5.41, 5.74) is 8.71. The lowest BCUT2D eigenvalue weighted by atomic mass is 9.96. The van der Waals surface area contributed by atoms with Gasteiger partial charge in [-0.2, -0.15) is 0 Å². The number of carbonyl (C=O) groups is 2. The van der Waals surface area contributed by atoms with E-state index in [1.807, 2.05) is 6.07 Å². The summed E-state index contributed by atoms with van der Waals surface area (Å²) in [5, 5.41) is 2.36. The van der Waals surface area contributed by atoms with Crippen LogP contribution in [0.5, 0.6) is 0 Å². The molecule has 0 radical (unpaired) electrons. The van der Waals surface area contributed by atoms with Gasteiger partial charge in [0.2, 0.25) is 5.91 Å². The molecule has 0 bridgehead atoms. The quantitative estimate of drug-likeness (QED) is 0.810. The molecule has 0 saturated carbocycles. The van der Waals surface area contributed by atoms with Gasteiger partial charge in [0.1, 0.15) is 0 Å². The van der Waals surface area contributed by atoms with E-state index >= 15 is 0 Å². The van der Waals surface area contributed by atoms with Gasteiger partial charge < -0.3 is 10.6 Å². The Morgan fingerprint density at radius 1 is 1.29 bits per heavy atom. The lowest BCUT2D eigenvalue weighted by molar-refractivity contribution is -0.128. The number of urea groups is 1. The first-order valence-corrected chi connectivity index (χ1v) is 7.18. The molecule has 6 heteroatoms. The Morgan fingerprint density at radius 3 is 2.76 bits per heavy atom. The van der Waals surface area contributed by atoms with E-state index in [2.05, 4.69) is 28.4 Å². The van der Waals surface area contributed by atoms with Gasteiger partial charge in [-0.1, -0.05) is 24.3 Å². The van der Waals surface area contributed by atoms with Crippen LogP contribution >= 0.6 is 0 Å². The number of rotatable bonds is 2. The summed E-state index contributed by atoms with van der Waals surface area (Å²) in [5.74, 6) is -0.664. The maximum atomic E-state index is 12.0. The minimum absolute atomic E-state index is 0.274. The average Bonchev–Trinajstić information content (AvgIpc) is 2.49. The molecule has 0 spiro atoms. The van der Waals surface area contributed by atoms with Gasteiger partial charge in [0, 0.05) is 26.7 Å². The topological polar surface area (TPSA) is 78.7 Å². The van der Waals surface area contributed by atoms with Crippen LogP contribution in [-0.2, 0) is 17.8 Å². The third kappa shape index (κ3) is 2.64. The molecule has 1 saturated heterocycles. The highest BCUT2D eigenvalue weighted by atomic mass is 16.2. The molecule has 0 aromatic heterocycles. The first-order chi connectivity index (χ1) is 10.1. The standard InChI is InChI=1S/C15H20N4O2/c1-18-13(16)12(14(20)17-15(18)21)9-19-7-6-10-4-2-3-5-11(10)8-19/h2-5,12-13H,6-9,16H2,1H3,(H,17,20,21). The number of hydrogen-bond acceptors (Lipinski definition) is 4. The number of fused-ring (bicyclic) bond motifs is 1. The van der Waals surface area contributed by atoms with Crippen molar-refractivity contribution in [2.75, 3.05) is 20.1 Å². The summed E-state index contributed by atoms with van der Waals surface area (Å²) in [6.45, 7) is 2.30. The van der Waals surface area contributed by atoms with Crippen LogP contribution in [0.25, 0.3) is 0 Å². The van der Waals surface area contributed by atoms with Crippen molar-refractivity contribution in [3.63, 3.8) is 0 Å². The van der Waals surface area contributed by atoms with Crippen LogP contribution in [0.1, 0.15) is 11.1 Å². The Hall–Kier alpha value is -1.92. The summed E-state index contributed by atoms with van der Waals surface area (Å²) in [7, 11) is 1.62. The van der Waals surface area contributed by atoms with Crippen molar-refractivity contribution in [2.45, 2.75) is 19.1 Å². The van der Waals surface area contributed by atoms with Gasteiger partial charge in [0.15, 0.2) is 0 Å². The fourth-order valence-electron chi connectivity index (χ4n) is 3.03. The van der Waals surface area contributed by atoms with Crippen LogP contribution in [0.15, 0.2) is 24.3 Å². The van der Waals surface area contributed by atoms with Gasteiger partial charge in [-0.3, -0.25) is 15.0 Å². The first kappa shape index (κ1) is 14.0. The van der Waals surface area contributed by atoms with Crippen molar-refractivity contribution >= 4 is 11.9 Å². The first-order valence-electron chi connectivity index (χ1n) is 7.18. The number of amides is 3. The molecule has 2 aliphatic heterocycles. The van der Waals surface area contributed by atoms with Crippen molar-refractivity contribution in [3.8, 4) is 0 Å². The van der Waals surface area contributed by atoms with E-state index in [9.17, 15) is 9.59 Å². The molecule has 2 heterocycles. The van der Waals surface area contributed by atoms with Crippen molar-refractivity contribution in [3.05, 3.63) is 35.4 Å². The number of nitrogens with one attached hydrogen (secondary N) is 1. The van der Waals surface area contributed by atoms with Crippen LogP contribution < -0.4 is 11.1 Å². The summed E-state index contributed by atoms with van der Waals surface area (Å²) in [6.07, 6.45) is 0.414. The fourth-order valence-corrected chi connectivity index (χ4v) is 3.03. The van der Waals surface area contributed by atoms with Gasteiger partial charge in [-0.05, 0) is 17.5 Å². The van der Waals surface area contributed by atoms with Crippen LogP contribution in [0.4, 0.5) is 4.79 Å². The minimum atomic E-state index is -0.566. The molecule has 21 heavy (non-hydrogen) atoms. The molecular formula is C15H20N4O2. The van der Waals surface area contributed by atoms with Crippen molar-refractivity contribution in [1.82, 2.24) is 15.1 Å². The summed E-state index contributed by atoms with van der Waals surface area (Å²) < 4.78 is 0. The Bertz CT molecular complexity index is 575. The van der Waals surface area contributed by atoms with E-state index in [-0.39, 0.29) is 5.91 Å². The summed E-state index contributed by atoms with van der Waals surface area (Å²) in [4.78, 5) is 27.2. The Labute approximate surface area is 123 Å². The molecule has 112 valence electrons. The SMILES string of the molecule is CN1C(=O)NC(=O)C(CN2CCc3ccccc3C2)C1N. The molecule has 6 nitrogen and oxygen atoms in total. The van der Waals surface area contributed by atoms with Crippen molar-refractivity contribution < 1.29 is 9.59 Å². The Balaban J connectivity index is 1.70. The predicted octanol–water partition coefficient (Wildman–Crippen LogP) is 0.127. The van der Waals surface area contributed by atoms with Crippen LogP contribution in [0.2, 0.25) is 0 Å². The molecule has 1 fully saturated rings. The smallest absolute Gasteiger partial charge is 0.311 e. The molecule has 2 aliphatic rings. The molecular weight excluding hydrogens is 268 g/mol. The lowest BCUT2D eigenvalue weighted by Gasteiger charge is -2.39. The largest absolute Gasteiger partial charge is 0.325 e. The second kappa shape index (κ2) is 5.46. The molecule has 0 aliphatic carbocycles. The molecule has 3 N–H and O–H groups in total. The highest BCUT2D eigenvalue weighted by Crippen LogP contribution is 2.21. The van der Waals surface area contributed by atoms with Gasteiger partial charge in [-0.25, -0.2) is 4.79 Å². The normalized spacial score (nSPS) is 26.5. The number of imide groups is 1. The highest BCUT2D eigenvalue weighted by molar-refractivity contribution is 5.98. The second-order valence-corrected chi connectivity index (χ2v) is 5.76. The zero-order valence-corrected chi connectivity index (χ0v) is 12.1. The van der Waals surface area contributed by atoms with E-state index in [1.165, 1.54) is 16.0 Å². The summed E-state index contributed by atoms with van der Waals surface area (Å²) >= 11 is 0. The van der Waals surface area contributed by atoms with Crippen molar-refractivity contribution in [2.24, 2.45) is 11.7 Å². The van der Waals surface area contributed by atoms with Crippen molar-refractivity contribution in [1.29, 1.82) is 0 Å². The van der Waals surface area contributed by atoms with E-state index in [0.29, 0.717) is 6.54 Å². The molecule has 2 unspecified atom stereocenters. The van der Waals surface area contributed by atoms with E-state index in [4.69, 9.17) is 5.73 Å². The number of hydrogen-bond donors (Lipinski definition) is 2. The minimum Gasteiger partial charge on any atom is -0.311 e. The Morgan fingerprint density at radius 2 is 2.00 bits per heavy atom. The van der Waals surface area contributed by atoms with E-state index in [1.54, 1.807) is 7.05 Å². The van der Waals surface area contributed by atoms with E-state index < -0.39 is 18.1 Å². The second-order valence-electron chi connectivity index (χ2n) is 5.76. The highest BCUT2D eigenvalue weighted by Gasteiger charge is 2.38. The van der Waals surface area contributed by atoms with E-state index in [0.717, 1.165) is 19.5 Å². The number of nitrogens with two attached hydrogens (primary N) is 1. The monoisotopic (exact) mass is 288 g/mol. The molecule has 1 aromatic rings. The Kier molecular flexibility index (Phi) is 3.65. The predicted molar refractivity (Wildman–Crippen MR) is 78.2 cm³/mol. The fraction of sp³-hybridized carbons (Fsp3) is 0.467. The molecule has 3 rings (SSSR count). The van der Waals surface area contributed by atoms with Crippen LogP contribution in [0.3, 0.4) is 0 Å². The lowest BCUT2D eigenvalue weighted by Crippen LogP contribution is -2.64. The maximum Gasteiger partial charge on any atom is 0.325 e. The third-order valence-electron chi connectivity index (χ3n) is 4.41. The summed E-state index contributed by atoms with van der Waals surface area (Å²) in [6, 6.07) is 7.94. The number of carbonyl (C=O) groups excluding carboxylic acids is 2.